The number of fused-ring (bicyclic) bond motifs is 2. The molecular weight excluding hydrogens is 394 g/mol. The van der Waals surface area contributed by atoms with Crippen LogP contribution in [0.15, 0.2) is 78.8 Å². The lowest BCUT2D eigenvalue weighted by molar-refractivity contribution is 0.0949. The van der Waals surface area contributed by atoms with Crippen LogP contribution in [0.25, 0.3) is 17.7 Å². The van der Waals surface area contributed by atoms with Crippen LogP contribution >= 0.6 is 0 Å². The fourth-order valence-corrected chi connectivity index (χ4v) is 4.70. The van der Waals surface area contributed by atoms with Gasteiger partial charge >= 0.3 is 0 Å². The van der Waals surface area contributed by atoms with E-state index in [4.69, 9.17) is 0 Å². The molecule has 1 N–H and O–H groups in total. The number of nitrogens with one attached hydrogen (secondary N) is 1. The second kappa shape index (κ2) is 9.23. The summed E-state index contributed by atoms with van der Waals surface area (Å²) < 4.78 is 0. The number of piperidine rings is 1. The zero-order valence-corrected chi connectivity index (χ0v) is 18.1. The fraction of sp³-hybridized carbons (Fsp3) is 0.214. The Morgan fingerprint density at radius 2 is 1.62 bits per heavy atom. The Morgan fingerprint density at radius 1 is 0.906 bits per heavy atom. The van der Waals surface area contributed by atoms with Crippen molar-refractivity contribution < 1.29 is 4.79 Å². The van der Waals surface area contributed by atoms with Crippen molar-refractivity contribution in [1.29, 1.82) is 0 Å². The minimum absolute atomic E-state index is 0.0707. The number of pyridine rings is 1. The first-order chi connectivity index (χ1) is 15.8. The van der Waals surface area contributed by atoms with Gasteiger partial charge in [0.2, 0.25) is 0 Å². The molecule has 1 aliphatic carbocycles. The number of carbonyl (C=O) groups excluding carboxylic acids is 1. The smallest absolute Gasteiger partial charge is 0.252 e. The molecule has 0 saturated carbocycles. The van der Waals surface area contributed by atoms with Crippen LogP contribution in [-0.2, 0) is 0 Å². The topological polar surface area (TPSA) is 45.2 Å². The summed E-state index contributed by atoms with van der Waals surface area (Å²) in [6.45, 7) is 2.41. The largest absolute Gasteiger partial charge is 0.373 e. The van der Waals surface area contributed by atoms with Gasteiger partial charge in [-0.3, -0.25) is 9.78 Å². The molecule has 1 fully saturated rings. The Morgan fingerprint density at radius 3 is 2.31 bits per heavy atom. The molecule has 2 aromatic carbocycles. The number of likely N-dealkylation sites (tertiary alicyclic amines) is 1. The van der Waals surface area contributed by atoms with Crippen LogP contribution in [0.3, 0.4) is 0 Å². The average molecular weight is 422 g/mol. The van der Waals surface area contributed by atoms with Crippen molar-refractivity contribution >= 4 is 23.6 Å². The molecule has 1 saturated heterocycles. The van der Waals surface area contributed by atoms with Crippen molar-refractivity contribution in [2.75, 3.05) is 19.6 Å². The predicted molar refractivity (Wildman–Crippen MR) is 130 cm³/mol. The maximum Gasteiger partial charge on any atom is 0.252 e. The molecule has 4 nitrogen and oxygen atoms in total. The second-order valence-electron chi connectivity index (χ2n) is 8.27. The monoisotopic (exact) mass is 421 g/mol. The Balaban J connectivity index is 1.47. The van der Waals surface area contributed by atoms with Gasteiger partial charge in [0.15, 0.2) is 0 Å². The van der Waals surface area contributed by atoms with E-state index >= 15 is 0 Å². The first-order valence-electron chi connectivity index (χ1n) is 11.3. The highest BCUT2D eigenvalue weighted by Gasteiger charge is 2.24. The van der Waals surface area contributed by atoms with Crippen molar-refractivity contribution in [2.24, 2.45) is 0 Å². The maximum absolute atomic E-state index is 12.5. The van der Waals surface area contributed by atoms with Gasteiger partial charge in [-0.15, -0.1) is 0 Å². The van der Waals surface area contributed by atoms with Gasteiger partial charge in [0.05, 0.1) is 5.56 Å². The first-order valence-corrected chi connectivity index (χ1v) is 11.3. The van der Waals surface area contributed by atoms with E-state index in [1.54, 1.807) is 24.5 Å². The van der Waals surface area contributed by atoms with Crippen LogP contribution in [0.2, 0.25) is 0 Å². The van der Waals surface area contributed by atoms with Gasteiger partial charge in [0, 0.05) is 43.3 Å². The van der Waals surface area contributed by atoms with Crippen LogP contribution in [0.1, 0.15) is 51.9 Å². The molecule has 0 unspecified atom stereocenters. The van der Waals surface area contributed by atoms with Gasteiger partial charge in [0.25, 0.3) is 5.91 Å². The van der Waals surface area contributed by atoms with Gasteiger partial charge in [-0.05, 0) is 53.6 Å². The standard InChI is InChI=1S/C28H27N3O/c32-28(23-10-7-16-29-20-23)30-17-19-31-18-6-5-13-26(31)27-24-11-3-1-8-21(24)14-15-22-9-2-4-12-25(22)27/h1-4,7-12,14-16,20H,5-6,13,17-19H2,(H,30,32). The Hall–Kier alpha value is -3.66. The summed E-state index contributed by atoms with van der Waals surface area (Å²) in [4.78, 5) is 19.0. The van der Waals surface area contributed by atoms with Gasteiger partial charge in [-0.2, -0.15) is 0 Å². The summed E-state index contributed by atoms with van der Waals surface area (Å²) in [6.07, 6.45) is 11.2. The summed E-state index contributed by atoms with van der Waals surface area (Å²) in [5, 5.41) is 3.06. The lowest BCUT2D eigenvalue weighted by atomic mass is 9.89. The highest BCUT2D eigenvalue weighted by molar-refractivity contribution is 5.95. The highest BCUT2D eigenvalue weighted by Crippen LogP contribution is 2.39. The minimum atomic E-state index is -0.0707. The number of aromatic nitrogens is 1. The molecule has 0 atom stereocenters. The maximum atomic E-state index is 12.5. The third-order valence-corrected chi connectivity index (χ3v) is 6.26. The van der Waals surface area contributed by atoms with Crippen LogP contribution in [0, 0.1) is 0 Å². The summed E-state index contributed by atoms with van der Waals surface area (Å²) in [5.41, 5.74) is 8.39. The third kappa shape index (κ3) is 4.09. The lowest BCUT2D eigenvalue weighted by Gasteiger charge is -2.34. The van der Waals surface area contributed by atoms with E-state index in [0.29, 0.717) is 12.1 Å². The molecule has 1 aromatic heterocycles. The molecule has 3 aromatic rings. The minimum Gasteiger partial charge on any atom is -0.373 e. The molecule has 0 bridgehead atoms. The van der Waals surface area contributed by atoms with E-state index in [9.17, 15) is 4.79 Å². The molecule has 5 rings (SSSR count). The van der Waals surface area contributed by atoms with Gasteiger partial charge in [0.1, 0.15) is 0 Å². The Bertz CT molecular complexity index is 1130. The van der Waals surface area contributed by atoms with Gasteiger partial charge < -0.3 is 10.2 Å². The van der Waals surface area contributed by atoms with E-state index in [2.05, 4.69) is 75.9 Å². The van der Waals surface area contributed by atoms with E-state index in [1.165, 1.54) is 46.4 Å². The summed E-state index contributed by atoms with van der Waals surface area (Å²) in [6, 6.07) is 20.9. The van der Waals surface area contributed by atoms with Crippen molar-refractivity contribution in [3.63, 3.8) is 0 Å². The molecule has 160 valence electrons. The first kappa shape index (κ1) is 20.3. The molecule has 32 heavy (non-hydrogen) atoms. The van der Waals surface area contributed by atoms with Crippen LogP contribution in [-0.4, -0.2) is 35.4 Å². The summed E-state index contributed by atoms with van der Waals surface area (Å²) in [5.74, 6) is -0.0707. The molecule has 2 heterocycles. The van der Waals surface area contributed by atoms with Crippen molar-refractivity contribution in [3.8, 4) is 0 Å². The number of hydrogen-bond donors (Lipinski definition) is 1. The Labute approximate surface area is 189 Å². The number of allylic oxidation sites excluding steroid dienone is 1. The van der Waals surface area contributed by atoms with Crippen molar-refractivity contribution in [2.45, 2.75) is 19.3 Å². The molecule has 0 spiro atoms. The zero-order valence-electron chi connectivity index (χ0n) is 18.1. The van der Waals surface area contributed by atoms with Crippen LogP contribution in [0.4, 0.5) is 0 Å². The SMILES string of the molecule is O=C(NCCN1CCCCC1=C1c2ccccc2C=Cc2ccccc21)c1cccnc1. The zero-order chi connectivity index (χ0) is 21.8. The number of carbonyl (C=O) groups is 1. The van der Waals surface area contributed by atoms with E-state index in [1.807, 2.05) is 0 Å². The van der Waals surface area contributed by atoms with E-state index in [-0.39, 0.29) is 5.91 Å². The fourth-order valence-electron chi connectivity index (χ4n) is 4.70. The lowest BCUT2D eigenvalue weighted by Crippen LogP contribution is -2.37. The number of benzene rings is 2. The molecule has 2 aliphatic rings. The molecular formula is C28H27N3O. The third-order valence-electron chi connectivity index (χ3n) is 6.26. The van der Waals surface area contributed by atoms with E-state index < -0.39 is 0 Å². The van der Waals surface area contributed by atoms with Crippen LogP contribution in [0.5, 0.6) is 0 Å². The van der Waals surface area contributed by atoms with Crippen LogP contribution < -0.4 is 5.32 Å². The molecule has 1 amide bonds. The second-order valence-corrected chi connectivity index (χ2v) is 8.27. The molecule has 0 radical (unpaired) electrons. The normalized spacial score (nSPS) is 15.1. The van der Waals surface area contributed by atoms with Crippen molar-refractivity contribution in [3.05, 3.63) is 107 Å². The summed E-state index contributed by atoms with van der Waals surface area (Å²) in [7, 11) is 0. The van der Waals surface area contributed by atoms with E-state index in [0.717, 1.165) is 19.5 Å². The van der Waals surface area contributed by atoms with Gasteiger partial charge in [-0.25, -0.2) is 0 Å². The average Bonchev–Trinajstić information content (AvgIpc) is 3.02. The van der Waals surface area contributed by atoms with Gasteiger partial charge in [-0.1, -0.05) is 60.7 Å². The number of amides is 1. The Kier molecular flexibility index (Phi) is 5.84. The number of hydrogen-bond acceptors (Lipinski definition) is 3. The van der Waals surface area contributed by atoms with Crippen molar-refractivity contribution in [1.82, 2.24) is 15.2 Å². The molecule has 1 aliphatic heterocycles. The predicted octanol–water partition coefficient (Wildman–Crippen LogP) is 5.24. The summed E-state index contributed by atoms with van der Waals surface area (Å²) >= 11 is 0. The highest BCUT2D eigenvalue weighted by atomic mass is 16.1. The number of nitrogens with zero attached hydrogens (tertiary/aromatic N) is 2. The quantitative estimate of drug-likeness (QED) is 0.490. The number of rotatable bonds is 4. The molecule has 4 heteroatoms.